The topological polar surface area (TPSA) is 118 Å². The van der Waals surface area contributed by atoms with Crippen LogP contribution >= 0.6 is 11.8 Å². The number of thioether (sulfide) groups is 1. The van der Waals surface area contributed by atoms with Crippen LogP contribution in [0.25, 0.3) is 0 Å². The van der Waals surface area contributed by atoms with Crippen LogP contribution in [0.3, 0.4) is 0 Å². The number of imidazole rings is 1. The SMILES string of the molecule is Cn1ccnc1SCC(=O)Nc1ccc(C(=O)Nc2cccc(NC(=O)c3ccco3)c2)cc1. The van der Waals surface area contributed by atoms with Crippen LogP contribution < -0.4 is 16.0 Å². The van der Waals surface area contributed by atoms with Crippen molar-refractivity contribution in [1.29, 1.82) is 0 Å². The fourth-order valence-corrected chi connectivity index (χ4v) is 3.73. The number of carbonyl (C=O) groups is 3. The van der Waals surface area contributed by atoms with Crippen molar-refractivity contribution in [2.24, 2.45) is 7.05 Å². The second-order valence-corrected chi connectivity index (χ2v) is 8.14. The van der Waals surface area contributed by atoms with E-state index in [2.05, 4.69) is 20.9 Å². The van der Waals surface area contributed by atoms with Gasteiger partial charge in [-0.15, -0.1) is 0 Å². The number of amides is 3. The van der Waals surface area contributed by atoms with Crippen molar-refractivity contribution in [2.75, 3.05) is 21.7 Å². The zero-order chi connectivity index (χ0) is 23.9. The standard InChI is InChI=1S/C24H21N5O4S/c1-29-12-11-25-24(29)34-15-21(30)26-17-9-7-16(8-10-17)22(31)27-18-4-2-5-19(14-18)28-23(32)20-6-3-13-33-20/h2-14H,15H2,1H3,(H,26,30)(H,27,31)(H,28,32). The van der Waals surface area contributed by atoms with E-state index in [1.165, 1.54) is 18.0 Å². The third kappa shape index (κ3) is 5.93. The highest BCUT2D eigenvalue weighted by Gasteiger charge is 2.11. The van der Waals surface area contributed by atoms with Crippen LogP contribution in [-0.2, 0) is 11.8 Å². The zero-order valence-electron chi connectivity index (χ0n) is 18.1. The Morgan fingerprint density at radius 3 is 2.29 bits per heavy atom. The molecule has 2 aromatic heterocycles. The molecule has 0 spiro atoms. The van der Waals surface area contributed by atoms with Crippen LogP contribution in [0.1, 0.15) is 20.9 Å². The van der Waals surface area contributed by atoms with Crippen molar-refractivity contribution < 1.29 is 18.8 Å². The van der Waals surface area contributed by atoms with E-state index >= 15 is 0 Å². The van der Waals surface area contributed by atoms with Gasteiger partial charge in [-0.05, 0) is 54.6 Å². The molecule has 34 heavy (non-hydrogen) atoms. The van der Waals surface area contributed by atoms with Gasteiger partial charge >= 0.3 is 0 Å². The molecular formula is C24H21N5O4S. The number of hydrogen-bond acceptors (Lipinski definition) is 6. The van der Waals surface area contributed by atoms with Gasteiger partial charge in [-0.1, -0.05) is 17.8 Å². The molecular weight excluding hydrogens is 454 g/mol. The van der Waals surface area contributed by atoms with Crippen LogP contribution in [0.5, 0.6) is 0 Å². The molecule has 4 rings (SSSR count). The second kappa shape index (κ2) is 10.5. The molecule has 0 saturated heterocycles. The Bertz CT molecular complexity index is 1300. The first-order valence-electron chi connectivity index (χ1n) is 10.2. The third-order valence-corrected chi connectivity index (χ3v) is 5.72. The molecule has 3 N–H and O–H groups in total. The van der Waals surface area contributed by atoms with Crippen molar-refractivity contribution in [3.63, 3.8) is 0 Å². The third-order valence-electron chi connectivity index (χ3n) is 4.66. The summed E-state index contributed by atoms with van der Waals surface area (Å²) in [5.41, 5.74) is 2.04. The maximum atomic E-state index is 12.6. The number of rotatable bonds is 8. The lowest BCUT2D eigenvalue weighted by atomic mass is 10.2. The Kier molecular flexibility index (Phi) is 7.09. The average Bonchev–Trinajstić information content (AvgIpc) is 3.50. The maximum absolute atomic E-state index is 12.6. The summed E-state index contributed by atoms with van der Waals surface area (Å²) in [4.78, 5) is 41.1. The minimum absolute atomic E-state index is 0.168. The number of furan rings is 1. The van der Waals surface area contributed by atoms with E-state index < -0.39 is 0 Å². The van der Waals surface area contributed by atoms with Crippen LogP contribution in [0.4, 0.5) is 17.1 Å². The van der Waals surface area contributed by atoms with Crippen molar-refractivity contribution in [1.82, 2.24) is 9.55 Å². The molecule has 2 heterocycles. The zero-order valence-corrected chi connectivity index (χ0v) is 19.0. The van der Waals surface area contributed by atoms with Gasteiger partial charge in [0.15, 0.2) is 10.9 Å². The lowest BCUT2D eigenvalue weighted by Crippen LogP contribution is -2.15. The highest BCUT2D eigenvalue weighted by atomic mass is 32.2. The van der Waals surface area contributed by atoms with Crippen molar-refractivity contribution in [2.45, 2.75) is 5.16 Å². The summed E-state index contributed by atoms with van der Waals surface area (Å²) in [6.45, 7) is 0. The van der Waals surface area contributed by atoms with Crippen LogP contribution in [0.15, 0.2) is 88.9 Å². The van der Waals surface area contributed by atoms with Gasteiger partial charge in [0, 0.05) is 42.1 Å². The number of nitrogens with zero attached hydrogens (tertiary/aromatic N) is 2. The van der Waals surface area contributed by atoms with E-state index in [0.717, 1.165) is 5.16 Å². The van der Waals surface area contributed by atoms with Crippen LogP contribution in [-0.4, -0.2) is 33.0 Å². The number of anilines is 3. The first-order chi connectivity index (χ1) is 16.5. The summed E-state index contributed by atoms with van der Waals surface area (Å²) in [7, 11) is 1.87. The minimum atomic E-state index is -0.385. The molecule has 4 aromatic rings. The molecule has 0 aliphatic heterocycles. The molecule has 0 fully saturated rings. The molecule has 0 saturated carbocycles. The van der Waals surface area contributed by atoms with E-state index in [1.807, 2.05) is 17.8 Å². The van der Waals surface area contributed by atoms with Gasteiger partial charge in [-0.2, -0.15) is 0 Å². The summed E-state index contributed by atoms with van der Waals surface area (Å²) in [6, 6.07) is 16.6. The van der Waals surface area contributed by atoms with Gasteiger partial charge in [0.2, 0.25) is 5.91 Å². The summed E-state index contributed by atoms with van der Waals surface area (Å²) in [6.07, 6.45) is 4.91. The van der Waals surface area contributed by atoms with E-state index in [1.54, 1.807) is 66.9 Å². The molecule has 0 aliphatic carbocycles. The number of aromatic nitrogens is 2. The van der Waals surface area contributed by atoms with Gasteiger partial charge in [0.1, 0.15) is 0 Å². The fraction of sp³-hybridized carbons (Fsp3) is 0.0833. The number of hydrogen-bond donors (Lipinski definition) is 3. The van der Waals surface area contributed by atoms with Crippen molar-refractivity contribution in [3.8, 4) is 0 Å². The first kappa shape index (κ1) is 22.9. The summed E-state index contributed by atoms with van der Waals surface area (Å²) < 4.78 is 6.92. The Balaban J connectivity index is 1.31. The minimum Gasteiger partial charge on any atom is -0.459 e. The Hall–Kier alpha value is -4.31. The first-order valence-corrected chi connectivity index (χ1v) is 11.2. The smallest absolute Gasteiger partial charge is 0.291 e. The van der Waals surface area contributed by atoms with Gasteiger partial charge < -0.3 is 24.9 Å². The molecule has 0 atom stereocenters. The lowest BCUT2D eigenvalue weighted by molar-refractivity contribution is -0.113. The molecule has 10 heteroatoms. The number of benzene rings is 2. The number of carbonyl (C=O) groups excluding carboxylic acids is 3. The molecule has 0 aliphatic rings. The number of nitrogens with one attached hydrogen (secondary N) is 3. The highest BCUT2D eigenvalue weighted by molar-refractivity contribution is 7.99. The lowest BCUT2D eigenvalue weighted by Gasteiger charge is -2.09. The van der Waals surface area contributed by atoms with Gasteiger partial charge in [0.05, 0.1) is 12.0 Å². The normalized spacial score (nSPS) is 10.5. The molecule has 9 nitrogen and oxygen atoms in total. The Labute approximate surface area is 199 Å². The van der Waals surface area contributed by atoms with E-state index in [4.69, 9.17) is 4.42 Å². The summed E-state index contributed by atoms with van der Waals surface area (Å²) in [5, 5.41) is 9.07. The Morgan fingerprint density at radius 2 is 1.65 bits per heavy atom. The number of aryl methyl sites for hydroxylation is 1. The van der Waals surface area contributed by atoms with Crippen LogP contribution in [0, 0.1) is 0 Å². The highest BCUT2D eigenvalue weighted by Crippen LogP contribution is 2.19. The van der Waals surface area contributed by atoms with E-state index in [-0.39, 0.29) is 29.2 Å². The Morgan fingerprint density at radius 1 is 0.912 bits per heavy atom. The van der Waals surface area contributed by atoms with Gasteiger partial charge in [-0.25, -0.2) is 4.98 Å². The predicted octanol–water partition coefficient (Wildman–Crippen LogP) is 4.25. The monoisotopic (exact) mass is 475 g/mol. The molecule has 0 radical (unpaired) electrons. The molecule has 0 unspecified atom stereocenters. The molecule has 172 valence electrons. The van der Waals surface area contributed by atoms with Crippen LogP contribution in [0.2, 0.25) is 0 Å². The maximum Gasteiger partial charge on any atom is 0.291 e. The van der Waals surface area contributed by atoms with Gasteiger partial charge in [-0.3, -0.25) is 14.4 Å². The molecule has 3 amide bonds. The van der Waals surface area contributed by atoms with Crippen molar-refractivity contribution >= 4 is 46.5 Å². The average molecular weight is 476 g/mol. The van der Waals surface area contributed by atoms with Crippen molar-refractivity contribution in [3.05, 3.63) is 90.6 Å². The molecule has 0 bridgehead atoms. The summed E-state index contributed by atoms with van der Waals surface area (Å²) >= 11 is 1.34. The second-order valence-electron chi connectivity index (χ2n) is 7.20. The van der Waals surface area contributed by atoms with Gasteiger partial charge in [0.25, 0.3) is 11.8 Å². The molecule has 2 aromatic carbocycles. The summed E-state index contributed by atoms with van der Waals surface area (Å²) in [5.74, 6) is -0.461. The largest absolute Gasteiger partial charge is 0.459 e. The fourth-order valence-electron chi connectivity index (χ4n) is 3.00. The quantitative estimate of drug-likeness (QED) is 0.328. The predicted molar refractivity (Wildman–Crippen MR) is 130 cm³/mol. The van der Waals surface area contributed by atoms with E-state index in [9.17, 15) is 14.4 Å². The van der Waals surface area contributed by atoms with E-state index in [0.29, 0.717) is 22.6 Å².